The van der Waals surface area contributed by atoms with E-state index in [4.69, 9.17) is 10.5 Å². The number of amides is 1. The molecule has 0 aliphatic heterocycles. The second-order valence-electron chi connectivity index (χ2n) is 7.46. The zero-order valence-corrected chi connectivity index (χ0v) is 16.7. The highest BCUT2D eigenvalue weighted by Crippen LogP contribution is 2.24. The van der Waals surface area contributed by atoms with E-state index in [-0.39, 0.29) is 6.04 Å². The molecule has 1 aromatic rings. The van der Waals surface area contributed by atoms with Gasteiger partial charge in [-0.1, -0.05) is 43.9 Å². The largest absolute Gasteiger partial charge is 0.463 e. The fourth-order valence-electron chi connectivity index (χ4n) is 3.41. The van der Waals surface area contributed by atoms with Gasteiger partial charge in [0.1, 0.15) is 0 Å². The van der Waals surface area contributed by atoms with Gasteiger partial charge in [-0.15, -0.1) is 0 Å². The highest BCUT2D eigenvalue weighted by molar-refractivity contribution is 5.92. The van der Waals surface area contributed by atoms with Gasteiger partial charge in [-0.3, -0.25) is 4.79 Å². The van der Waals surface area contributed by atoms with E-state index in [2.05, 4.69) is 32.5 Å². The van der Waals surface area contributed by atoms with Crippen molar-refractivity contribution in [3.05, 3.63) is 23.3 Å². The Morgan fingerprint density at radius 3 is 2.57 bits per heavy atom. The van der Waals surface area contributed by atoms with Crippen molar-refractivity contribution >= 4 is 17.8 Å². The molecule has 2 aliphatic carbocycles. The number of primary amides is 1. The molecule has 0 spiro atoms. The second kappa shape index (κ2) is 9.52. The van der Waals surface area contributed by atoms with Gasteiger partial charge in [0.05, 0.1) is 12.6 Å². The van der Waals surface area contributed by atoms with Crippen LogP contribution in [-0.2, 0) is 4.79 Å². The molecule has 4 N–H and O–H groups in total. The standard InChI is InChI=1S/C20H30N6O2/c1-3-4-11-28-20-25-18(22-15-7-5-6-8-15)24-19(26-20)23-16-12-14(17(21)27)10-9-13(16)2/h9-10,15-16H,3-8,11-12H2,1-2H3,(H2,21,27)(H2,22,23,24,25,26). The fraction of sp³-hybridized carbons (Fsp3) is 0.600. The van der Waals surface area contributed by atoms with E-state index in [1.807, 2.05) is 13.0 Å². The summed E-state index contributed by atoms with van der Waals surface area (Å²) in [6.07, 6.45) is 10.9. The van der Waals surface area contributed by atoms with Gasteiger partial charge in [0.25, 0.3) is 0 Å². The Bertz CT molecular complexity index is 755. The predicted molar refractivity (Wildman–Crippen MR) is 109 cm³/mol. The minimum Gasteiger partial charge on any atom is -0.463 e. The summed E-state index contributed by atoms with van der Waals surface area (Å²) in [7, 11) is 0. The predicted octanol–water partition coefficient (Wildman–Crippen LogP) is 2.95. The van der Waals surface area contributed by atoms with Crippen LogP contribution in [0.15, 0.2) is 23.3 Å². The van der Waals surface area contributed by atoms with Gasteiger partial charge in [-0.2, -0.15) is 15.0 Å². The van der Waals surface area contributed by atoms with Crippen LogP contribution in [0.5, 0.6) is 6.01 Å². The Labute approximate surface area is 166 Å². The Kier molecular flexibility index (Phi) is 6.84. The van der Waals surface area contributed by atoms with Crippen molar-refractivity contribution < 1.29 is 9.53 Å². The first-order valence-electron chi connectivity index (χ1n) is 10.1. The quantitative estimate of drug-likeness (QED) is 0.559. The maximum Gasteiger partial charge on any atom is 0.323 e. The third-order valence-electron chi connectivity index (χ3n) is 5.17. The number of nitrogens with two attached hydrogens (primary N) is 1. The minimum atomic E-state index is -0.404. The number of ether oxygens (including phenoxy) is 1. The first kappa shape index (κ1) is 20.1. The van der Waals surface area contributed by atoms with Crippen molar-refractivity contribution in [1.82, 2.24) is 15.0 Å². The molecule has 8 heteroatoms. The van der Waals surface area contributed by atoms with E-state index < -0.39 is 5.91 Å². The van der Waals surface area contributed by atoms with Crippen molar-refractivity contribution in [3.63, 3.8) is 0 Å². The van der Waals surface area contributed by atoms with Crippen LogP contribution in [0.1, 0.15) is 58.8 Å². The summed E-state index contributed by atoms with van der Waals surface area (Å²) in [5.74, 6) is 0.558. The third kappa shape index (κ3) is 5.43. The van der Waals surface area contributed by atoms with Gasteiger partial charge >= 0.3 is 6.01 Å². The minimum absolute atomic E-state index is 0.0993. The molecular weight excluding hydrogens is 356 g/mol. The average Bonchev–Trinajstić information content (AvgIpc) is 3.16. The van der Waals surface area contributed by atoms with Crippen LogP contribution in [0.3, 0.4) is 0 Å². The van der Waals surface area contributed by atoms with Gasteiger partial charge in [0.2, 0.25) is 17.8 Å². The van der Waals surface area contributed by atoms with E-state index in [1.165, 1.54) is 12.8 Å². The van der Waals surface area contributed by atoms with Gasteiger partial charge in [0, 0.05) is 18.0 Å². The number of anilines is 2. The zero-order chi connectivity index (χ0) is 19.9. The number of rotatable bonds is 9. The molecule has 0 radical (unpaired) electrons. The van der Waals surface area contributed by atoms with Crippen LogP contribution >= 0.6 is 0 Å². The van der Waals surface area contributed by atoms with E-state index in [0.29, 0.717) is 42.5 Å². The lowest BCUT2D eigenvalue weighted by atomic mass is 9.94. The van der Waals surface area contributed by atoms with Gasteiger partial charge < -0.3 is 21.1 Å². The van der Waals surface area contributed by atoms with Gasteiger partial charge in [-0.25, -0.2) is 0 Å². The maximum atomic E-state index is 11.5. The number of carbonyl (C=O) groups is 1. The summed E-state index contributed by atoms with van der Waals surface area (Å²) >= 11 is 0. The first-order valence-corrected chi connectivity index (χ1v) is 10.1. The third-order valence-corrected chi connectivity index (χ3v) is 5.17. The Balaban J connectivity index is 1.76. The second-order valence-corrected chi connectivity index (χ2v) is 7.46. The number of carbonyl (C=O) groups excluding carboxylic acids is 1. The van der Waals surface area contributed by atoms with Crippen LogP contribution in [0.2, 0.25) is 0 Å². The molecule has 1 aromatic heterocycles. The monoisotopic (exact) mass is 386 g/mol. The SMILES string of the molecule is CCCCOc1nc(NC2CCCC2)nc(NC2CC(C(N)=O)=CC=C2C)n1. The van der Waals surface area contributed by atoms with Gasteiger partial charge in [-0.05, 0) is 26.2 Å². The van der Waals surface area contributed by atoms with Gasteiger partial charge in [0.15, 0.2) is 0 Å². The molecule has 8 nitrogen and oxygen atoms in total. The number of hydrogen-bond acceptors (Lipinski definition) is 7. The molecule has 1 fully saturated rings. The lowest BCUT2D eigenvalue weighted by molar-refractivity contribution is -0.114. The van der Waals surface area contributed by atoms with E-state index >= 15 is 0 Å². The molecule has 28 heavy (non-hydrogen) atoms. The first-order chi connectivity index (χ1) is 13.5. The molecule has 3 rings (SSSR count). The summed E-state index contributed by atoms with van der Waals surface area (Å²) in [5, 5.41) is 6.72. The topological polar surface area (TPSA) is 115 Å². The molecule has 1 unspecified atom stereocenters. The highest BCUT2D eigenvalue weighted by Gasteiger charge is 2.22. The summed E-state index contributed by atoms with van der Waals surface area (Å²) < 4.78 is 5.73. The van der Waals surface area contributed by atoms with Crippen LogP contribution in [0, 0.1) is 0 Å². The van der Waals surface area contributed by atoms with Crippen molar-refractivity contribution in [2.75, 3.05) is 17.2 Å². The average molecular weight is 387 g/mol. The van der Waals surface area contributed by atoms with Crippen LogP contribution in [-0.4, -0.2) is 39.5 Å². The number of hydrogen-bond donors (Lipinski definition) is 3. The molecule has 1 heterocycles. The summed E-state index contributed by atoms with van der Waals surface area (Å²) in [5.41, 5.74) is 7.11. The summed E-state index contributed by atoms with van der Waals surface area (Å²) in [6.45, 7) is 4.68. The number of aromatic nitrogens is 3. The fourth-order valence-corrected chi connectivity index (χ4v) is 3.41. The maximum absolute atomic E-state index is 11.5. The normalized spacial score (nSPS) is 19.7. The molecule has 1 atom stereocenters. The molecule has 1 saturated carbocycles. The van der Waals surface area contributed by atoms with Crippen molar-refractivity contribution in [2.45, 2.75) is 70.9 Å². The van der Waals surface area contributed by atoms with E-state index in [1.54, 1.807) is 6.08 Å². The summed E-state index contributed by atoms with van der Waals surface area (Å²) in [6, 6.07) is 0.603. The molecule has 0 bridgehead atoms. The van der Waals surface area contributed by atoms with E-state index in [9.17, 15) is 4.79 Å². The Morgan fingerprint density at radius 1 is 1.18 bits per heavy atom. The lowest BCUT2D eigenvalue weighted by Gasteiger charge is -2.23. The molecular formula is C20H30N6O2. The Morgan fingerprint density at radius 2 is 1.89 bits per heavy atom. The number of nitrogens with zero attached hydrogens (tertiary/aromatic N) is 3. The Hall–Kier alpha value is -2.64. The number of unbranched alkanes of at least 4 members (excludes halogenated alkanes) is 1. The van der Waals surface area contributed by atoms with Crippen molar-refractivity contribution in [3.8, 4) is 6.01 Å². The van der Waals surface area contributed by atoms with Crippen molar-refractivity contribution in [1.29, 1.82) is 0 Å². The molecule has 1 amide bonds. The summed E-state index contributed by atoms with van der Waals surface area (Å²) in [4.78, 5) is 24.9. The van der Waals surface area contributed by atoms with Crippen molar-refractivity contribution in [2.24, 2.45) is 5.73 Å². The van der Waals surface area contributed by atoms with Crippen LogP contribution in [0.25, 0.3) is 0 Å². The number of allylic oxidation sites excluding steroid dienone is 2. The zero-order valence-electron chi connectivity index (χ0n) is 16.7. The number of nitrogens with one attached hydrogen (secondary N) is 2. The molecule has 0 saturated heterocycles. The molecule has 152 valence electrons. The van der Waals surface area contributed by atoms with Crippen LogP contribution < -0.4 is 21.1 Å². The smallest absolute Gasteiger partial charge is 0.323 e. The van der Waals surface area contributed by atoms with E-state index in [0.717, 1.165) is 31.3 Å². The highest BCUT2D eigenvalue weighted by atomic mass is 16.5. The molecule has 0 aromatic carbocycles. The van der Waals surface area contributed by atoms with Crippen LogP contribution in [0.4, 0.5) is 11.9 Å². The molecule has 2 aliphatic rings. The lowest BCUT2D eigenvalue weighted by Crippen LogP contribution is -2.29.